The topological polar surface area (TPSA) is 49.8 Å². The summed E-state index contributed by atoms with van der Waals surface area (Å²) in [7, 11) is 0. The van der Waals surface area contributed by atoms with Gasteiger partial charge in [-0.05, 0) is 5.92 Å². The van der Waals surface area contributed by atoms with Gasteiger partial charge in [-0.2, -0.15) is 5.26 Å². The molecular formula is C8H9ClN2S. The molecule has 0 aromatic carbocycles. The van der Waals surface area contributed by atoms with Crippen molar-refractivity contribution in [2.24, 2.45) is 0 Å². The van der Waals surface area contributed by atoms with Crippen molar-refractivity contribution in [1.29, 1.82) is 5.26 Å². The average Bonchev–Trinajstić information content (AvgIpc) is 2.24. The first-order valence-corrected chi connectivity index (χ1v) is 4.75. The van der Waals surface area contributed by atoms with Gasteiger partial charge in [0.05, 0.1) is 9.90 Å². The molecule has 1 aromatic rings. The third-order valence-electron chi connectivity index (χ3n) is 1.62. The quantitative estimate of drug-likeness (QED) is 0.758. The molecule has 0 aliphatic rings. The van der Waals surface area contributed by atoms with Gasteiger partial charge in [-0.1, -0.05) is 25.4 Å². The van der Waals surface area contributed by atoms with Gasteiger partial charge >= 0.3 is 0 Å². The number of nitrogen functional groups attached to an aromatic ring is 1. The van der Waals surface area contributed by atoms with Crippen LogP contribution in [-0.4, -0.2) is 0 Å². The summed E-state index contributed by atoms with van der Waals surface area (Å²) in [5.74, 6) is 0.251. The Hall–Kier alpha value is -0.720. The second kappa shape index (κ2) is 3.34. The van der Waals surface area contributed by atoms with E-state index in [1.807, 2.05) is 13.8 Å². The molecule has 1 rings (SSSR count). The molecular weight excluding hydrogens is 192 g/mol. The molecule has 4 heteroatoms. The molecule has 1 heterocycles. The van der Waals surface area contributed by atoms with Crippen LogP contribution in [0, 0.1) is 11.3 Å². The Kier molecular flexibility index (Phi) is 2.61. The Morgan fingerprint density at radius 3 is 2.50 bits per heavy atom. The van der Waals surface area contributed by atoms with Crippen LogP contribution < -0.4 is 5.73 Å². The zero-order chi connectivity index (χ0) is 9.30. The fraction of sp³-hybridized carbons (Fsp3) is 0.375. The minimum absolute atomic E-state index is 0.251. The number of anilines is 1. The lowest BCUT2D eigenvalue weighted by Gasteiger charge is -2.02. The van der Waals surface area contributed by atoms with Crippen molar-refractivity contribution in [3.63, 3.8) is 0 Å². The zero-order valence-corrected chi connectivity index (χ0v) is 8.46. The molecule has 0 saturated heterocycles. The number of nitrogens with two attached hydrogens (primary N) is 1. The lowest BCUT2D eigenvalue weighted by atomic mass is 10.0. The Labute approximate surface area is 80.6 Å². The highest BCUT2D eigenvalue weighted by molar-refractivity contribution is 7.20. The van der Waals surface area contributed by atoms with Crippen LogP contribution in [0.5, 0.6) is 0 Å². The molecule has 0 aliphatic heterocycles. The van der Waals surface area contributed by atoms with E-state index < -0.39 is 0 Å². The minimum Gasteiger partial charge on any atom is -0.389 e. The molecule has 12 heavy (non-hydrogen) atoms. The van der Waals surface area contributed by atoms with Crippen LogP contribution in [-0.2, 0) is 0 Å². The van der Waals surface area contributed by atoms with E-state index in [2.05, 4.69) is 6.07 Å². The summed E-state index contributed by atoms with van der Waals surface area (Å²) in [6.45, 7) is 3.99. The Morgan fingerprint density at radius 2 is 2.17 bits per heavy atom. The van der Waals surface area contributed by atoms with Gasteiger partial charge in [-0.15, -0.1) is 11.3 Å². The molecule has 0 spiro atoms. The van der Waals surface area contributed by atoms with E-state index in [9.17, 15) is 0 Å². The Bertz CT molecular complexity index is 336. The third kappa shape index (κ3) is 1.40. The number of hydrogen-bond acceptors (Lipinski definition) is 3. The number of hydrogen-bond donors (Lipinski definition) is 1. The fourth-order valence-electron chi connectivity index (χ4n) is 1.06. The van der Waals surface area contributed by atoms with E-state index in [4.69, 9.17) is 22.6 Å². The van der Waals surface area contributed by atoms with Crippen molar-refractivity contribution < 1.29 is 0 Å². The molecule has 0 bridgehead atoms. The number of halogens is 1. The van der Waals surface area contributed by atoms with Gasteiger partial charge in [-0.3, -0.25) is 0 Å². The number of rotatable bonds is 1. The standard InChI is InChI=1S/C8H9ClN2S/c1-4(2)6-5(3-10)8(11)12-7(6)9/h4H,11H2,1-2H3. The van der Waals surface area contributed by atoms with Crippen LogP contribution in [0.15, 0.2) is 0 Å². The fourth-order valence-corrected chi connectivity index (χ4v) is 2.53. The average molecular weight is 201 g/mol. The molecule has 0 atom stereocenters. The first-order chi connectivity index (χ1) is 5.57. The van der Waals surface area contributed by atoms with Gasteiger partial charge in [0.2, 0.25) is 0 Å². The molecule has 0 saturated carbocycles. The highest BCUT2D eigenvalue weighted by atomic mass is 35.5. The smallest absolute Gasteiger partial charge is 0.106 e. The highest BCUT2D eigenvalue weighted by Gasteiger charge is 2.17. The van der Waals surface area contributed by atoms with Gasteiger partial charge in [-0.25, -0.2) is 0 Å². The van der Waals surface area contributed by atoms with E-state index in [0.717, 1.165) is 5.56 Å². The largest absolute Gasteiger partial charge is 0.389 e. The van der Waals surface area contributed by atoms with Crippen molar-refractivity contribution >= 4 is 27.9 Å². The van der Waals surface area contributed by atoms with Crippen LogP contribution in [0.3, 0.4) is 0 Å². The molecule has 0 amide bonds. The van der Waals surface area contributed by atoms with Crippen molar-refractivity contribution in [2.45, 2.75) is 19.8 Å². The lowest BCUT2D eigenvalue weighted by molar-refractivity contribution is 0.869. The van der Waals surface area contributed by atoms with Crippen molar-refractivity contribution in [3.05, 3.63) is 15.5 Å². The maximum atomic E-state index is 8.78. The second-order valence-electron chi connectivity index (χ2n) is 2.80. The molecule has 64 valence electrons. The normalized spacial score (nSPS) is 10.2. The Balaban J connectivity index is 3.35. The van der Waals surface area contributed by atoms with Gasteiger partial charge in [0.25, 0.3) is 0 Å². The molecule has 0 radical (unpaired) electrons. The van der Waals surface area contributed by atoms with Crippen LogP contribution >= 0.6 is 22.9 Å². The number of thiophene rings is 1. The summed E-state index contributed by atoms with van der Waals surface area (Å²) in [5.41, 5.74) is 7.02. The van der Waals surface area contributed by atoms with E-state index in [0.29, 0.717) is 14.9 Å². The summed E-state index contributed by atoms with van der Waals surface area (Å²) in [4.78, 5) is 0. The maximum absolute atomic E-state index is 8.78. The molecule has 2 N–H and O–H groups in total. The first kappa shape index (κ1) is 9.37. The first-order valence-electron chi connectivity index (χ1n) is 3.55. The van der Waals surface area contributed by atoms with Gasteiger partial charge < -0.3 is 5.73 Å². The van der Waals surface area contributed by atoms with Crippen LogP contribution in [0.2, 0.25) is 4.34 Å². The molecule has 0 unspecified atom stereocenters. The Morgan fingerprint density at radius 1 is 1.58 bits per heavy atom. The predicted octanol–water partition coefficient (Wildman–Crippen LogP) is 2.98. The van der Waals surface area contributed by atoms with Gasteiger partial charge in [0, 0.05) is 5.56 Å². The van der Waals surface area contributed by atoms with Gasteiger partial charge in [0.15, 0.2) is 0 Å². The molecule has 2 nitrogen and oxygen atoms in total. The van der Waals surface area contributed by atoms with Crippen LogP contribution in [0.1, 0.15) is 30.9 Å². The molecule has 0 aliphatic carbocycles. The van der Waals surface area contributed by atoms with E-state index >= 15 is 0 Å². The highest BCUT2D eigenvalue weighted by Crippen LogP contribution is 2.38. The van der Waals surface area contributed by atoms with Gasteiger partial charge in [0.1, 0.15) is 11.1 Å². The van der Waals surface area contributed by atoms with E-state index in [-0.39, 0.29) is 5.92 Å². The summed E-state index contributed by atoms with van der Waals surface area (Å²) >= 11 is 7.18. The summed E-state index contributed by atoms with van der Waals surface area (Å²) in [6.07, 6.45) is 0. The monoisotopic (exact) mass is 200 g/mol. The predicted molar refractivity (Wildman–Crippen MR) is 52.5 cm³/mol. The summed E-state index contributed by atoms with van der Waals surface area (Å²) in [6, 6.07) is 2.07. The third-order valence-corrected chi connectivity index (χ3v) is 2.87. The maximum Gasteiger partial charge on any atom is 0.106 e. The summed E-state index contributed by atoms with van der Waals surface area (Å²) in [5, 5.41) is 9.30. The SMILES string of the molecule is CC(C)c1c(Cl)sc(N)c1C#N. The van der Waals surface area contributed by atoms with Crippen LogP contribution in [0.25, 0.3) is 0 Å². The van der Waals surface area contributed by atoms with E-state index in [1.165, 1.54) is 11.3 Å². The van der Waals surface area contributed by atoms with Crippen molar-refractivity contribution in [1.82, 2.24) is 0 Å². The molecule has 0 fully saturated rings. The zero-order valence-electron chi connectivity index (χ0n) is 6.89. The number of nitrogens with zero attached hydrogens (tertiary/aromatic N) is 1. The molecule has 1 aromatic heterocycles. The summed E-state index contributed by atoms with van der Waals surface area (Å²) < 4.78 is 0.638. The minimum atomic E-state index is 0.251. The van der Waals surface area contributed by atoms with Crippen LogP contribution in [0.4, 0.5) is 5.00 Å². The van der Waals surface area contributed by atoms with E-state index in [1.54, 1.807) is 0 Å². The lowest BCUT2D eigenvalue weighted by Crippen LogP contribution is -1.91. The number of nitriles is 1. The second-order valence-corrected chi connectivity index (χ2v) is 4.45. The van der Waals surface area contributed by atoms with Crippen molar-refractivity contribution in [3.8, 4) is 6.07 Å². The van der Waals surface area contributed by atoms with Crippen molar-refractivity contribution in [2.75, 3.05) is 5.73 Å².